The Balaban J connectivity index is 1.84. The second kappa shape index (κ2) is 5.61. The van der Waals surface area contributed by atoms with Crippen molar-refractivity contribution in [1.82, 2.24) is 24.7 Å². The number of fused-ring (bicyclic) bond motifs is 1. The Morgan fingerprint density at radius 2 is 2.05 bits per heavy atom. The predicted octanol–water partition coefficient (Wildman–Crippen LogP) is 2.16. The molecule has 0 aliphatic rings. The molecule has 0 aliphatic carbocycles. The van der Waals surface area contributed by atoms with Gasteiger partial charge in [0.05, 0.1) is 0 Å². The fourth-order valence-corrected chi connectivity index (χ4v) is 2.92. The Labute approximate surface area is 126 Å². The van der Waals surface area contributed by atoms with Crippen LogP contribution in [0, 0.1) is 6.92 Å². The van der Waals surface area contributed by atoms with Gasteiger partial charge in [0.25, 0.3) is 5.91 Å². The molecule has 3 aromatic rings. The maximum Gasteiger partial charge on any atom is 0.285 e. The summed E-state index contributed by atoms with van der Waals surface area (Å²) >= 11 is 1.27. The van der Waals surface area contributed by atoms with Gasteiger partial charge in [-0.05, 0) is 19.4 Å². The summed E-state index contributed by atoms with van der Waals surface area (Å²) in [5, 5.41) is 12.7. The molecule has 0 aliphatic heterocycles. The number of rotatable bonds is 4. The van der Waals surface area contributed by atoms with Crippen molar-refractivity contribution in [2.45, 2.75) is 20.4 Å². The predicted molar refractivity (Wildman–Crippen MR) is 80.3 cm³/mol. The third-order valence-electron chi connectivity index (χ3n) is 3.21. The van der Waals surface area contributed by atoms with E-state index in [0.29, 0.717) is 28.9 Å². The summed E-state index contributed by atoms with van der Waals surface area (Å²) in [6.07, 6.45) is 0. The topological polar surface area (TPSA) is 63.4 Å². The summed E-state index contributed by atoms with van der Waals surface area (Å²) in [6, 6.07) is 9.94. The number of nitrogens with zero attached hydrogens (tertiary/aromatic N) is 5. The molecule has 0 saturated heterocycles. The lowest BCUT2D eigenvalue weighted by Gasteiger charge is -2.19. The van der Waals surface area contributed by atoms with Crippen LogP contribution < -0.4 is 0 Å². The number of benzene rings is 1. The van der Waals surface area contributed by atoms with Crippen molar-refractivity contribution in [1.29, 1.82) is 0 Å². The Hall–Kier alpha value is -2.28. The number of carbonyl (C=O) groups excluding carboxylic acids is 1. The van der Waals surface area contributed by atoms with E-state index in [1.165, 1.54) is 11.3 Å². The smallest absolute Gasteiger partial charge is 0.285 e. The van der Waals surface area contributed by atoms with E-state index in [9.17, 15) is 4.79 Å². The summed E-state index contributed by atoms with van der Waals surface area (Å²) in [5.41, 5.74) is 1.10. The van der Waals surface area contributed by atoms with Crippen LogP contribution in [0.5, 0.6) is 0 Å². The van der Waals surface area contributed by atoms with Crippen molar-refractivity contribution in [2.24, 2.45) is 0 Å². The normalized spacial score (nSPS) is 11.0. The lowest BCUT2D eigenvalue weighted by atomic mass is 10.2. The lowest BCUT2D eigenvalue weighted by Crippen LogP contribution is -2.30. The molecule has 0 radical (unpaired) electrons. The zero-order valence-electron chi connectivity index (χ0n) is 11.9. The van der Waals surface area contributed by atoms with Crippen LogP contribution in [0.3, 0.4) is 0 Å². The van der Waals surface area contributed by atoms with Gasteiger partial charge in [0.1, 0.15) is 0 Å². The SMILES string of the molecule is CCN(Cc1ccccc1)C(=O)c1nn2c(C)nnc2s1. The van der Waals surface area contributed by atoms with E-state index >= 15 is 0 Å². The molecule has 0 fully saturated rings. The van der Waals surface area contributed by atoms with Crippen LogP contribution in [-0.4, -0.2) is 37.2 Å². The van der Waals surface area contributed by atoms with Crippen LogP contribution in [0.2, 0.25) is 0 Å². The van der Waals surface area contributed by atoms with E-state index in [-0.39, 0.29) is 5.91 Å². The second-order valence-electron chi connectivity index (χ2n) is 4.65. The fraction of sp³-hybridized carbons (Fsp3) is 0.286. The van der Waals surface area contributed by atoms with E-state index in [1.54, 1.807) is 9.42 Å². The van der Waals surface area contributed by atoms with E-state index in [1.807, 2.05) is 44.2 Å². The summed E-state index contributed by atoms with van der Waals surface area (Å²) in [7, 11) is 0. The molecule has 0 spiro atoms. The quantitative estimate of drug-likeness (QED) is 0.741. The molecule has 2 heterocycles. The third-order valence-corrected chi connectivity index (χ3v) is 4.10. The highest BCUT2D eigenvalue weighted by molar-refractivity contribution is 7.18. The molecule has 3 rings (SSSR count). The molecule has 0 N–H and O–H groups in total. The van der Waals surface area contributed by atoms with Gasteiger partial charge in [0.2, 0.25) is 9.97 Å². The molecule has 2 aromatic heterocycles. The fourth-order valence-electron chi connectivity index (χ4n) is 2.07. The van der Waals surface area contributed by atoms with Crippen molar-refractivity contribution < 1.29 is 4.79 Å². The molecular weight excluding hydrogens is 286 g/mol. The zero-order valence-corrected chi connectivity index (χ0v) is 12.7. The summed E-state index contributed by atoms with van der Waals surface area (Å²) < 4.78 is 1.61. The van der Waals surface area contributed by atoms with Crippen molar-refractivity contribution in [3.8, 4) is 0 Å². The first-order valence-corrected chi connectivity index (χ1v) is 7.52. The van der Waals surface area contributed by atoms with Crippen molar-refractivity contribution in [3.05, 3.63) is 46.7 Å². The minimum Gasteiger partial charge on any atom is -0.332 e. The molecule has 1 aromatic carbocycles. The monoisotopic (exact) mass is 301 g/mol. The molecule has 0 bridgehead atoms. The van der Waals surface area contributed by atoms with Crippen LogP contribution in [-0.2, 0) is 6.54 Å². The molecule has 1 amide bonds. The van der Waals surface area contributed by atoms with E-state index in [4.69, 9.17) is 0 Å². The average molecular weight is 301 g/mol. The summed E-state index contributed by atoms with van der Waals surface area (Å²) in [5.74, 6) is 0.614. The van der Waals surface area contributed by atoms with Crippen molar-refractivity contribution in [2.75, 3.05) is 6.54 Å². The Kier molecular flexibility index (Phi) is 3.66. The number of hydrogen-bond donors (Lipinski definition) is 0. The number of hydrogen-bond acceptors (Lipinski definition) is 5. The van der Waals surface area contributed by atoms with Gasteiger partial charge in [0.15, 0.2) is 5.82 Å². The molecule has 0 atom stereocenters. The van der Waals surface area contributed by atoms with Crippen LogP contribution >= 0.6 is 11.3 Å². The minimum atomic E-state index is -0.0729. The lowest BCUT2D eigenvalue weighted by molar-refractivity contribution is 0.0751. The van der Waals surface area contributed by atoms with Gasteiger partial charge in [-0.25, -0.2) is 0 Å². The standard InChI is InChI=1S/C14H15N5OS/c1-3-18(9-11-7-5-4-6-8-11)13(20)12-17-19-10(2)15-16-14(19)21-12/h4-8H,3,9H2,1-2H3. The van der Waals surface area contributed by atoms with Gasteiger partial charge in [-0.3, -0.25) is 4.79 Å². The summed E-state index contributed by atoms with van der Waals surface area (Å²) in [4.78, 5) is 15.0. The molecule has 21 heavy (non-hydrogen) atoms. The van der Waals surface area contributed by atoms with Gasteiger partial charge >= 0.3 is 0 Å². The molecule has 0 saturated carbocycles. The third kappa shape index (κ3) is 2.64. The number of carbonyl (C=O) groups is 1. The first-order chi connectivity index (χ1) is 10.2. The maximum absolute atomic E-state index is 12.6. The molecule has 6 nitrogen and oxygen atoms in total. The van der Waals surface area contributed by atoms with Crippen LogP contribution in [0.25, 0.3) is 4.96 Å². The van der Waals surface area contributed by atoms with E-state index in [0.717, 1.165) is 5.56 Å². The van der Waals surface area contributed by atoms with E-state index < -0.39 is 0 Å². The molecule has 108 valence electrons. The Bertz CT molecular complexity index is 764. The Morgan fingerprint density at radius 3 is 2.71 bits per heavy atom. The highest BCUT2D eigenvalue weighted by atomic mass is 32.1. The Morgan fingerprint density at radius 1 is 1.29 bits per heavy atom. The number of amides is 1. The van der Waals surface area contributed by atoms with Gasteiger partial charge < -0.3 is 4.90 Å². The van der Waals surface area contributed by atoms with Gasteiger partial charge in [-0.1, -0.05) is 41.7 Å². The molecule has 7 heteroatoms. The minimum absolute atomic E-state index is 0.0729. The first kappa shape index (κ1) is 13.7. The second-order valence-corrected chi connectivity index (χ2v) is 5.61. The van der Waals surface area contributed by atoms with Crippen LogP contribution in [0.4, 0.5) is 0 Å². The first-order valence-electron chi connectivity index (χ1n) is 6.71. The van der Waals surface area contributed by atoms with Crippen molar-refractivity contribution in [3.63, 3.8) is 0 Å². The van der Waals surface area contributed by atoms with Crippen LogP contribution in [0.1, 0.15) is 28.1 Å². The van der Waals surface area contributed by atoms with Crippen molar-refractivity contribution >= 4 is 22.2 Å². The molecular formula is C14H15N5OS. The largest absolute Gasteiger partial charge is 0.332 e. The number of aryl methyl sites for hydroxylation is 1. The number of aromatic nitrogens is 4. The van der Waals surface area contributed by atoms with Gasteiger partial charge in [-0.15, -0.1) is 15.3 Å². The van der Waals surface area contributed by atoms with E-state index in [2.05, 4.69) is 15.3 Å². The summed E-state index contributed by atoms with van der Waals surface area (Å²) in [6.45, 7) is 4.99. The highest BCUT2D eigenvalue weighted by Gasteiger charge is 2.20. The molecule has 0 unspecified atom stereocenters. The highest BCUT2D eigenvalue weighted by Crippen LogP contribution is 2.17. The van der Waals surface area contributed by atoms with Gasteiger partial charge in [0, 0.05) is 13.1 Å². The average Bonchev–Trinajstić information content (AvgIpc) is 3.08. The van der Waals surface area contributed by atoms with Gasteiger partial charge in [-0.2, -0.15) is 4.52 Å². The van der Waals surface area contributed by atoms with Crippen LogP contribution in [0.15, 0.2) is 30.3 Å². The zero-order chi connectivity index (χ0) is 14.8. The maximum atomic E-state index is 12.6.